The van der Waals surface area contributed by atoms with Gasteiger partial charge in [0, 0.05) is 0 Å². The maximum absolute atomic E-state index is 6.50. The molecule has 4 rings (SSSR count). The van der Waals surface area contributed by atoms with E-state index in [-0.39, 0.29) is 0 Å². The fraction of sp³-hybridized carbons (Fsp3) is 0.412. The summed E-state index contributed by atoms with van der Waals surface area (Å²) in [5.41, 5.74) is 3.06. The van der Waals surface area contributed by atoms with Gasteiger partial charge in [-0.3, -0.25) is 0 Å². The zero-order valence-corrected chi connectivity index (χ0v) is 24.7. The highest BCUT2D eigenvalue weighted by atomic mass is 16.7. The highest BCUT2D eigenvalue weighted by Crippen LogP contribution is 2.30. The molecule has 1 aliphatic heterocycles. The molecule has 0 aliphatic carbocycles. The number of rotatable bonds is 18. The van der Waals surface area contributed by atoms with Gasteiger partial charge in [0.1, 0.15) is 35.6 Å². The van der Waals surface area contributed by atoms with E-state index in [2.05, 4.69) is 6.58 Å². The second kappa shape index (κ2) is 16.9. The Kier molecular flexibility index (Phi) is 12.7. The first-order valence-corrected chi connectivity index (χ1v) is 14.2. The van der Waals surface area contributed by atoms with Crippen molar-refractivity contribution in [1.29, 1.82) is 0 Å². The van der Waals surface area contributed by atoms with Crippen molar-refractivity contribution >= 4 is 0 Å². The third-order valence-electron chi connectivity index (χ3n) is 7.02. The Morgan fingerprint density at radius 3 is 1.60 bits per heavy atom. The Morgan fingerprint density at radius 1 is 0.643 bits per heavy atom. The number of methoxy groups -OCH3 is 3. The summed E-state index contributed by atoms with van der Waals surface area (Å²) in [4.78, 5) is 0. The average Bonchev–Trinajstić information content (AvgIpc) is 3.37. The second-order valence-electron chi connectivity index (χ2n) is 9.96. The van der Waals surface area contributed by atoms with Gasteiger partial charge in [0.2, 0.25) is 0 Å². The van der Waals surface area contributed by atoms with Crippen LogP contribution in [0.2, 0.25) is 0 Å². The molecule has 1 saturated heterocycles. The van der Waals surface area contributed by atoms with Crippen LogP contribution in [0.4, 0.5) is 0 Å². The van der Waals surface area contributed by atoms with Crippen LogP contribution >= 0.6 is 0 Å². The molecule has 1 fully saturated rings. The van der Waals surface area contributed by atoms with Crippen LogP contribution < -0.4 is 14.2 Å². The maximum atomic E-state index is 6.50. The minimum absolute atomic E-state index is 0.314. The molecule has 0 aromatic heterocycles. The van der Waals surface area contributed by atoms with Gasteiger partial charge in [-0.15, -0.1) is 6.58 Å². The summed E-state index contributed by atoms with van der Waals surface area (Å²) in [6.45, 7) is 5.81. The molecule has 1 unspecified atom stereocenters. The van der Waals surface area contributed by atoms with Crippen LogP contribution in [0, 0.1) is 0 Å². The van der Waals surface area contributed by atoms with E-state index in [1.807, 2.05) is 78.9 Å². The number of hydrogen-bond donors (Lipinski definition) is 0. The topological polar surface area (TPSA) is 73.8 Å². The second-order valence-corrected chi connectivity index (χ2v) is 9.96. The molecule has 0 N–H and O–H groups in total. The molecule has 0 spiro atoms. The molecule has 8 heteroatoms. The molecule has 0 radical (unpaired) electrons. The van der Waals surface area contributed by atoms with Crippen molar-refractivity contribution in [3.8, 4) is 17.2 Å². The van der Waals surface area contributed by atoms with E-state index in [4.69, 9.17) is 37.9 Å². The van der Waals surface area contributed by atoms with Gasteiger partial charge in [-0.05, 0) is 65.9 Å². The van der Waals surface area contributed by atoms with Crippen molar-refractivity contribution in [3.05, 3.63) is 102 Å². The molecule has 1 heterocycles. The lowest BCUT2D eigenvalue weighted by molar-refractivity contribution is -0.185. The first-order chi connectivity index (χ1) is 20.6. The molecule has 0 amide bonds. The summed E-state index contributed by atoms with van der Waals surface area (Å²) in [5.74, 6) is 2.39. The lowest BCUT2D eigenvalue weighted by Crippen LogP contribution is -2.39. The van der Waals surface area contributed by atoms with Gasteiger partial charge in [0.15, 0.2) is 6.29 Å². The summed E-state index contributed by atoms with van der Waals surface area (Å²) in [6.07, 6.45) is 1.68. The first-order valence-electron chi connectivity index (χ1n) is 14.2. The normalized spacial score (nSPS) is 19.9. The third kappa shape index (κ3) is 9.31. The Hall–Kier alpha value is -3.40. The van der Waals surface area contributed by atoms with E-state index in [1.54, 1.807) is 21.3 Å². The fourth-order valence-electron chi connectivity index (χ4n) is 4.61. The van der Waals surface area contributed by atoms with E-state index >= 15 is 0 Å². The predicted octanol–water partition coefficient (Wildman–Crippen LogP) is 6.11. The molecule has 1 aliphatic rings. The lowest BCUT2D eigenvalue weighted by Gasteiger charge is -2.25. The first kappa shape index (κ1) is 31.5. The van der Waals surface area contributed by atoms with Gasteiger partial charge in [-0.25, -0.2) is 0 Å². The minimum Gasteiger partial charge on any atom is -0.497 e. The molecule has 8 nitrogen and oxygen atoms in total. The molecule has 226 valence electrons. The molecule has 42 heavy (non-hydrogen) atoms. The van der Waals surface area contributed by atoms with Crippen LogP contribution in [0.25, 0.3) is 0 Å². The summed E-state index contributed by atoms with van der Waals surface area (Å²) in [7, 11) is 4.95. The molecule has 3 aromatic carbocycles. The average molecular weight is 579 g/mol. The van der Waals surface area contributed by atoms with Gasteiger partial charge in [-0.2, -0.15) is 0 Å². The van der Waals surface area contributed by atoms with Crippen molar-refractivity contribution in [3.63, 3.8) is 0 Å². The van der Waals surface area contributed by atoms with Crippen molar-refractivity contribution in [2.45, 2.75) is 57.3 Å². The molecule has 4 atom stereocenters. The number of benzene rings is 3. The van der Waals surface area contributed by atoms with Crippen LogP contribution in [-0.2, 0) is 43.5 Å². The van der Waals surface area contributed by atoms with E-state index in [9.17, 15) is 0 Å². The van der Waals surface area contributed by atoms with E-state index < -0.39 is 24.6 Å². The molecule has 0 saturated carbocycles. The zero-order chi connectivity index (χ0) is 29.6. The molecular weight excluding hydrogens is 536 g/mol. The van der Waals surface area contributed by atoms with Crippen LogP contribution in [0.3, 0.4) is 0 Å². The van der Waals surface area contributed by atoms with Gasteiger partial charge >= 0.3 is 0 Å². The van der Waals surface area contributed by atoms with Crippen molar-refractivity contribution < 1.29 is 37.9 Å². The largest absolute Gasteiger partial charge is 0.497 e. The summed E-state index contributed by atoms with van der Waals surface area (Å²) >= 11 is 0. The fourth-order valence-corrected chi connectivity index (χ4v) is 4.61. The van der Waals surface area contributed by atoms with Gasteiger partial charge in [-0.1, -0.05) is 42.5 Å². The molecule has 0 bridgehead atoms. The number of ether oxygens (including phenoxy) is 8. The van der Waals surface area contributed by atoms with Crippen LogP contribution in [0.15, 0.2) is 85.5 Å². The number of allylic oxidation sites excluding steroid dienone is 1. The lowest BCUT2D eigenvalue weighted by atomic mass is 10.1. The van der Waals surface area contributed by atoms with Gasteiger partial charge < -0.3 is 37.9 Å². The Bertz CT molecular complexity index is 1180. The maximum Gasteiger partial charge on any atom is 0.186 e. The Morgan fingerprint density at radius 2 is 1.12 bits per heavy atom. The summed E-state index contributed by atoms with van der Waals surface area (Å²) in [5, 5.41) is 0. The van der Waals surface area contributed by atoms with E-state index in [1.165, 1.54) is 0 Å². The van der Waals surface area contributed by atoms with Gasteiger partial charge in [0.25, 0.3) is 0 Å². The van der Waals surface area contributed by atoms with E-state index in [0.717, 1.165) is 46.8 Å². The van der Waals surface area contributed by atoms with Gasteiger partial charge in [0.05, 0.1) is 54.4 Å². The highest BCUT2D eigenvalue weighted by Gasteiger charge is 2.47. The van der Waals surface area contributed by atoms with Crippen molar-refractivity contribution in [1.82, 2.24) is 0 Å². The smallest absolute Gasteiger partial charge is 0.186 e. The summed E-state index contributed by atoms with van der Waals surface area (Å²) < 4.78 is 47.5. The van der Waals surface area contributed by atoms with Crippen LogP contribution in [0.1, 0.15) is 29.5 Å². The number of hydrogen-bond acceptors (Lipinski definition) is 8. The van der Waals surface area contributed by atoms with Crippen molar-refractivity contribution in [2.24, 2.45) is 0 Å². The monoisotopic (exact) mass is 578 g/mol. The zero-order valence-electron chi connectivity index (χ0n) is 24.7. The Balaban J connectivity index is 1.47. The van der Waals surface area contributed by atoms with E-state index in [0.29, 0.717) is 33.0 Å². The molecular formula is C34H42O8. The quantitative estimate of drug-likeness (QED) is 0.132. The minimum atomic E-state index is -0.608. The molecule has 3 aromatic rings. The van der Waals surface area contributed by atoms with Crippen LogP contribution in [-0.4, -0.2) is 59.1 Å². The Labute approximate surface area is 249 Å². The SMILES string of the molecule is C=CCCCOC1O[C@@H](COCc2ccc(OC)cc2)[C@@H](OCc2ccc(OC)cc2)[C@@H]1OCc1ccc(OC)cc1. The van der Waals surface area contributed by atoms with Crippen molar-refractivity contribution in [2.75, 3.05) is 34.5 Å². The number of unbranched alkanes of at least 4 members (excludes halogenated alkanes) is 1. The highest BCUT2D eigenvalue weighted by molar-refractivity contribution is 5.28. The summed E-state index contributed by atoms with van der Waals surface area (Å²) in [6, 6.07) is 23.4. The standard InChI is InChI=1S/C34H42O8/c1-5-6-7-20-39-34-33(41-23-27-12-18-30(37-4)19-13-27)32(40-22-26-10-16-29(36-3)17-11-26)31(42-34)24-38-21-25-8-14-28(35-2)15-9-25/h5,8-19,31-34H,1,6-7,20-24H2,2-4H3/t31-,32+,33-,34?/m0/s1. The predicted molar refractivity (Wildman–Crippen MR) is 160 cm³/mol. The third-order valence-corrected chi connectivity index (χ3v) is 7.02. The van der Waals surface area contributed by atoms with Crippen LogP contribution in [0.5, 0.6) is 17.2 Å².